The number of benzene rings is 2. The molecule has 3 N–H and O–H groups in total. The van der Waals surface area contributed by atoms with Crippen LogP contribution in [-0.2, 0) is 4.79 Å². The zero-order chi connectivity index (χ0) is 26.0. The number of carbonyl (C=O) groups is 1. The highest BCUT2D eigenvalue weighted by molar-refractivity contribution is 5.97. The summed E-state index contributed by atoms with van der Waals surface area (Å²) in [4.78, 5) is 11.5. The van der Waals surface area contributed by atoms with Crippen molar-refractivity contribution >= 4 is 22.9 Å². The van der Waals surface area contributed by atoms with Crippen LogP contribution in [0.2, 0.25) is 0 Å². The summed E-state index contributed by atoms with van der Waals surface area (Å²) in [5.74, 6) is 0.207. The number of pyridine rings is 1. The molecule has 0 aliphatic rings. The molecule has 0 bridgehead atoms. The Bertz CT molecular complexity index is 1500. The van der Waals surface area contributed by atoms with E-state index in [1.54, 1.807) is 16.5 Å². The number of nitriles is 1. The molecule has 0 aliphatic heterocycles. The number of nitrogens with zero attached hydrogens (tertiary/aromatic N) is 2. The average molecular weight is 489 g/mol. The van der Waals surface area contributed by atoms with Crippen LogP contribution in [0.15, 0.2) is 48.7 Å². The maximum atomic E-state index is 14.4. The van der Waals surface area contributed by atoms with Crippen molar-refractivity contribution in [1.29, 1.82) is 5.26 Å². The molecule has 8 nitrogen and oxygen atoms in total. The molecule has 4 rings (SSSR count). The highest BCUT2D eigenvalue weighted by Crippen LogP contribution is 2.49. The molecule has 0 atom stereocenters. The van der Waals surface area contributed by atoms with Crippen molar-refractivity contribution in [2.75, 3.05) is 26.1 Å². The number of fused-ring (bicyclic) bond motifs is 1. The lowest BCUT2D eigenvalue weighted by molar-refractivity contribution is -0.119. The summed E-state index contributed by atoms with van der Waals surface area (Å²) in [6.45, 7) is 3.49. The Labute approximate surface area is 207 Å². The van der Waals surface area contributed by atoms with E-state index in [2.05, 4.69) is 11.4 Å². The van der Waals surface area contributed by atoms with E-state index in [0.717, 1.165) is 16.8 Å². The smallest absolute Gasteiger partial charge is 0.255 e. The van der Waals surface area contributed by atoms with Gasteiger partial charge in [-0.25, -0.2) is 4.39 Å². The molecule has 0 fully saturated rings. The maximum Gasteiger partial charge on any atom is 0.255 e. The molecular formula is C27H25FN4O4. The topological polar surface area (TPSA) is 111 Å². The van der Waals surface area contributed by atoms with Crippen molar-refractivity contribution in [3.05, 3.63) is 71.2 Å². The van der Waals surface area contributed by atoms with Crippen LogP contribution in [0.25, 0.3) is 16.6 Å². The van der Waals surface area contributed by atoms with Gasteiger partial charge in [0, 0.05) is 24.0 Å². The molecule has 4 aromatic rings. The Morgan fingerprint density at radius 1 is 1.08 bits per heavy atom. The summed E-state index contributed by atoms with van der Waals surface area (Å²) in [5.41, 5.74) is 9.57. The Kier molecular flexibility index (Phi) is 6.70. The fraction of sp³-hybridized carbons (Fsp3) is 0.185. The summed E-state index contributed by atoms with van der Waals surface area (Å²) in [6.07, 6.45) is 1.30. The van der Waals surface area contributed by atoms with Gasteiger partial charge in [0.2, 0.25) is 0 Å². The first-order valence-electron chi connectivity index (χ1n) is 11.0. The standard InChI is InChI=1S/C27H25FN4O4/c1-15-6-5-7-16(2)26(15)31-27-24(19(12-29)20-9-8-17(28)13-32(20)27)25-21(35-4)10-18(34-3)11-22(25)36-14-23(30)33/h5-11,13,31H,14H2,1-4H3,(H2,30,33). The summed E-state index contributed by atoms with van der Waals surface area (Å²) in [6, 6.07) is 14.1. The lowest BCUT2D eigenvalue weighted by Crippen LogP contribution is -2.20. The minimum absolute atomic E-state index is 0.211. The summed E-state index contributed by atoms with van der Waals surface area (Å²) in [5, 5.41) is 13.7. The number of hydrogen-bond donors (Lipinski definition) is 2. The second-order valence-corrected chi connectivity index (χ2v) is 8.16. The highest BCUT2D eigenvalue weighted by atomic mass is 19.1. The number of ether oxygens (including phenoxy) is 3. The van der Waals surface area contributed by atoms with Gasteiger partial charge >= 0.3 is 0 Å². The third kappa shape index (κ3) is 4.36. The average Bonchev–Trinajstić information content (AvgIpc) is 3.15. The number of methoxy groups -OCH3 is 2. The number of carbonyl (C=O) groups excluding carboxylic acids is 1. The van der Waals surface area contributed by atoms with Gasteiger partial charge in [-0.2, -0.15) is 5.26 Å². The van der Waals surface area contributed by atoms with Crippen LogP contribution in [0.4, 0.5) is 15.9 Å². The second-order valence-electron chi connectivity index (χ2n) is 8.16. The number of aryl methyl sites for hydroxylation is 2. The molecule has 0 unspecified atom stereocenters. The maximum absolute atomic E-state index is 14.4. The number of para-hydroxylation sites is 1. The number of hydrogen-bond acceptors (Lipinski definition) is 6. The first-order chi connectivity index (χ1) is 17.3. The number of primary amides is 1. The molecule has 9 heteroatoms. The fourth-order valence-corrected chi connectivity index (χ4v) is 4.19. The van der Waals surface area contributed by atoms with Crippen LogP contribution < -0.4 is 25.3 Å². The highest BCUT2D eigenvalue weighted by Gasteiger charge is 2.28. The molecule has 1 amide bonds. The molecule has 0 saturated carbocycles. The Morgan fingerprint density at radius 2 is 1.78 bits per heavy atom. The predicted octanol–water partition coefficient (Wildman–Crippen LogP) is 4.86. The molecule has 36 heavy (non-hydrogen) atoms. The van der Waals surface area contributed by atoms with Gasteiger partial charge in [-0.15, -0.1) is 0 Å². The van der Waals surface area contributed by atoms with Crippen LogP contribution in [-0.4, -0.2) is 31.1 Å². The molecule has 0 saturated heterocycles. The van der Waals surface area contributed by atoms with Crippen molar-refractivity contribution in [3.8, 4) is 34.4 Å². The molecule has 0 spiro atoms. The Balaban J connectivity index is 2.12. The van der Waals surface area contributed by atoms with Crippen LogP contribution in [0, 0.1) is 31.0 Å². The van der Waals surface area contributed by atoms with E-state index in [-0.39, 0.29) is 11.3 Å². The van der Waals surface area contributed by atoms with Crippen LogP contribution in [0.1, 0.15) is 16.7 Å². The number of rotatable bonds is 8. The summed E-state index contributed by atoms with van der Waals surface area (Å²) < 4.78 is 32.8. The van der Waals surface area contributed by atoms with Crippen LogP contribution in [0.5, 0.6) is 17.2 Å². The molecule has 2 aromatic heterocycles. The summed E-state index contributed by atoms with van der Waals surface area (Å²) in [7, 11) is 2.95. The second kappa shape index (κ2) is 9.88. The number of nitrogens with one attached hydrogen (secondary N) is 1. The predicted molar refractivity (Wildman–Crippen MR) is 134 cm³/mol. The zero-order valence-corrected chi connectivity index (χ0v) is 20.3. The number of nitrogens with two attached hydrogens (primary N) is 1. The van der Waals surface area contributed by atoms with Gasteiger partial charge in [-0.3, -0.25) is 9.20 Å². The number of anilines is 2. The monoisotopic (exact) mass is 488 g/mol. The Morgan fingerprint density at radius 3 is 2.39 bits per heavy atom. The van der Waals surface area contributed by atoms with Gasteiger partial charge in [0.25, 0.3) is 5.91 Å². The van der Waals surface area contributed by atoms with E-state index in [0.29, 0.717) is 34.0 Å². The summed E-state index contributed by atoms with van der Waals surface area (Å²) >= 11 is 0. The van der Waals surface area contributed by atoms with Gasteiger partial charge in [-0.05, 0) is 37.1 Å². The lowest BCUT2D eigenvalue weighted by atomic mass is 9.99. The lowest BCUT2D eigenvalue weighted by Gasteiger charge is -2.19. The third-order valence-electron chi connectivity index (χ3n) is 5.85. The van der Waals surface area contributed by atoms with E-state index in [1.165, 1.54) is 32.5 Å². The molecule has 184 valence electrons. The molecular weight excluding hydrogens is 463 g/mol. The molecule has 0 radical (unpaired) electrons. The number of aromatic nitrogens is 1. The van der Waals surface area contributed by atoms with E-state index in [1.807, 2.05) is 32.0 Å². The van der Waals surface area contributed by atoms with Crippen molar-refractivity contribution in [1.82, 2.24) is 4.40 Å². The quantitative estimate of drug-likeness (QED) is 0.367. The van der Waals surface area contributed by atoms with Gasteiger partial charge in [0.15, 0.2) is 6.61 Å². The molecule has 2 heterocycles. The zero-order valence-electron chi connectivity index (χ0n) is 20.3. The van der Waals surface area contributed by atoms with Gasteiger partial charge < -0.3 is 25.3 Å². The first kappa shape index (κ1) is 24.4. The van der Waals surface area contributed by atoms with Gasteiger partial charge in [0.1, 0.15) is 35.0 Å². The number of halogens is 1. The van der Waals surface area contributed by atoms with E-state index in [9.17, 15) is 14.4 Å². The fourth-order valence-electron chi connectivity index (χ4n) is 4.19. The van der Waals surface area contributed by atoms with E-state index in [4.69, 9.17) is 19.9 Å². The van der Waals surface area contributed by atoms with Gasteiger partial charge in [-0.1, -0.05) is 18.2 Å². The van der Waals surface area contributed by atoms with Crippen LogP contribution >= 0.6 is 0 Å². The van der Waals surface area contributed by atoms with Crippen molar-refractivity contribution in [2.24, 2.45) is 5.73 Å². The third-order valence-corrected chi connectivity index (χ3v) is 5.85. The Hall–Kier alpha value is -4.71. The van der Waals surface area contributed by atoms with Crippen molar-refractivity contribution < 1.29 is 23.4 Å². The minimum atomic E-state index is -0.679. The van der Waals surface area contributed by atoms with Crippen molar-refractivity contribution in [2.45, 2.75) is 13.8 Å². The van der Waals surface area contributed by atoms with Crippen molar-refractivity contribution in [3.63, 3.8) is 0 Å². The minimum Gasteiger partial charge on any atom is -0.496 e. The SMILES string of the molecule is COc1cc(OC)c(-c2c(C#N)c3ccc(F)cn3c2Nc2c(C)cccc2C)c(OCC(N)=O)c1. The van der Waals surface area contributed by atoms with Crippen LogP contribution in [0.3, 0.4) is 0 Å². The molecule has 0 aliphatic carbocycles. The first-order valence-corrected chi connectivity index (χ1v) is 11.0. The number of amides is 1. The van der Waals surface area contributed by atoms with E-state index < -0.39 is 18.3 Å². The van der Waals surface area contributed by atoms with Gasteiger partial charge in [0.05, 0.1) is 36.4 Å². The largest absolute Gasteiger partial charge is 0.496 e. The van der Waals surface area contributed by atoms with E-state index >= 15 is 0 Å². The molecule has 2 aromatic carbocycles. The normalized spacial score (nSPS) is 10.7.